The Morgan fingerprint density at radius 3 is 2.89 bits per heavy atom. The number of hydrogen-bond donors (Lipinski definition) is 2. The van der Waals surface area contributed by atoms with Gasteiger partial charge in [-0.1, -0.05) is 20.3 Å². The number of amides is 1. The molecule has 0 heterocycles. The third-order valence-electron chi connectivity index (χ3n) is 3.74. The van der Waals surface area contributed by atoms with E-state index in [2.05, 4.69) is 41.8 Å². The van der Waals surface area contributed by atoms with Gasteiger partial charge in [-0.25, -0.2) is 0 Å². The molecule has 2 N–H and O–H groups in total. The zero-order valence-electron chi connectivity index (χ0n) is 11.4. The van der Waals surface area contributed by atoms with E-state index in [0.717, 1.165) is 22.8 Å². The van der Waals surface area contributed by atoms with Gasteiger partial charge in [0.15, 0.2) is 0 Å². The number of benzene rings is 1. The van der Waals surface area contributed by atoms with Crippen LogP contribution in [-0.2, 0) is 0 Å². The molecule has 1 atom stereocenters. The van der Waals surface area contributed by atoms with Gasteiger partial charge in [-0.3, -0.25) is 4.79 Å². The Kier molecular flexibility index (Phi) is 4.38. The zero-order chi connectivity index (χ0) is 14.0. The van der Waals surface area contributed by atoms with Crippen molar-refractivity contribution in [3.05, 3.63) is 27.3 Å². The molecule has 19 heavy (non-hydrogen) atoms. The molecule has 0 spiro atoms. The Balaban J connectivity index is 2.06. The van der Waals surface area contributed by atoms with Crippen LogP contribution in [0.4, 0.5) is 0 Å². The van der Waals surface area contributed by atoms with Crippen molar-refractivity contribution >= 4 is 28.5 Å². The van der Waals surface area contributed by atoms with Gasteiger partial charge in [0.1, 0.15) is 5.75 Å². The maximum absolute atomic E-state index is 12.2. The molecule has 3 nitrogen and oxygen atoms in total. The van der Waals surface area contributed by atoms with Crippen molar-refractivity contribution in [1.29, 1.82) is 0 Å². The highest BCUT2D eigenvalue weighted by Crippen LogP contribution is 2.35. The molecule has 1 saturated carbocycles. The standard InChI is InChI=1S/C15H20INO2/c1-15(2)7-3-4-11(9-15)17-14(19)12-8-10(16)5-6-13(12)18/h5-6,8,11,18H,3-4,7,9H2,1-2H3,(H,17,19). The topological polar surface area (TPSA) is 49.3 Å². The van der Waals surface area contributed by atoms with Crippen molar-refractivity contribution in [3.8, 4) is 5.75 Å². The van der Waals surface area contributed by atoms with E-state index < -0.39 is 0 Å². The van der Waals surface area contributed by atoms with E-state index in [1.54, 1.807) is 18.2 Å². The molecular formula is C15H20INO2. The van der Waals surface area contributed by atoms with E-state index in [1.807, 2.05) is 0 Å². The van der Waals surface area contributed by atoms with Gasteiger partial charge in [0.25, 0.3) is 5.91 Å². The second-order valence-electron chi connectivity index (χ2n) is 6.09. The average Bonchev–Trinajstić information content (AvgIpc) is 2.31. The number of phenols is 1. The maximum atomic E-state index is 12.2. The lowest BCUT2D eigenvalue weighted by Gasteiger charge is -2.35. The lowest BCUT2D eigenvalue weighted by atomic mass is 9.75. The molecule has 0 radical (unpaired) electrons. The predicted octanol–water partition coefficient (Wildman–Crippen LogP) is 3.70. The van der Waals surface area contributed by atoms with Gasteiger partial charge in [-0.15, -0.1) is 0 Å². The van der Waals surface area contributed by atoms with Gasteiger partial charge in [0.05, 0.1) is 5.56 Å². The van der Waals surface area contributed by atoms with Gasteiger partial charge in [0.2, 0.25) is 0 Å². The Hall–Kier alpha value is -0.780. The average molecular weight is 373 g/mol. The minimum atomic E-state index is -0.168. The van der Waals surface area contributed by atoms with Crippen molar-refractivity contribution in [2.45, 2.75) is 45.6 Å². The highest BCUT2D eigenvalue weighted by molar-refractivity contribution is 14.1. The summed E-state index contributed by atoms with van der Waals surface area (Å²) in [6.07, 6.45) is 4.40. The van der Waals surface area contributed by atoms with Crippen LogP contribution in [0.5, 0.6) is 5.75 Å². The van der Waals surface area contributed by atoms with Crippen LogP contribution in [0.25, 0.3) is 0 Å². The van der Waals surface area contributed by atoms with Gasteiger partial charge >= 0.3 is 0 Å². The van der Waals surface area contributed by atoms with Crippen molar-refractivity contribution in [2.24, 2.45) is 5.41 Å². The van der Waals surface area contributed by atoms with Gasteiger partial charge < -0.3 is 10.4 Å². The van der Waals surface area contributed by atoms with Crippen molar-refractivity contribution in [1.82, 2.24) is 5.32 Å². The van der Waals surface area contributed by atoms with E-state index in [9.17, 15) is 9.90 Å². The molecule has 1 aromatic rings. The number of carbonyl (C=O) groups is 1. The first-order chi connectivity index (χ1) is 8.87. The smallest absolute Gasteiger partial charge is 0.255 e. The van der Waals surface area contributed by atoms with Crippen LogP contribution in [0, 0.1) is 8.99 Å². The fourth-order valence-electron chi connectivity index (χ4n) is 2.77. The van der Waals surface area contributed by atoms with E-state index in [1.165, 1.54) is 6.42 Å². The molecule has 1 aromatic carbocycles. The van der Waals surface area contributed by atoms with Crippen LogP contribution in [0.2, 0.25) is 0 Å². The zero-order valence-corrected chi connectivity index (χ0v) is 13.5. The van der Waals surface area contributed by atoms with E-state index in [-0.39, 0.29) is 17.7 Å². The van der Waals surface area contributed by atoms with E-state index in [0.29, 0.717) is 11.0 Å². The summed E-state index contributed by atoms with van der Waals surface area (Å²) in [6.45, 7) is 4.49. The molecule has 0 aliphatic heterocycles. The van der Waals surface area contributed by atoms with Crippen molar-refractivity contribution < 1.29 is 9.90 Å². The lowest BCUT2D eigenvalue weighted by molar-refractivity contribution is 0.0900. The number of aromatic hydroxyl groups is 1. The minimum Gasteiger partial charge on any atom is -0.507 e. The number of nitrogens with one attached hydrogen (secondary N) is 1. The monoisotopic (exact) mass is 373 g/mol. The first kappa shape index (κ1) is 14.6. The summed E-state index contributed by atoms with van der Waals surface area (Å²) in [4.78, 5) is 12.2. The molecule has 4 heteroatoms. The maximum Gasteiger partial charge on any atom is 0.255 e. The largest absolute Gasteiger partial charge is 0.507 e. The van der Waals surface area contributed by atoms with E-state index >= 15 is 0 Å². The van der Waals surface area contributed by atoms with Crippen LogP contribution in [0.15, 0.2) is 18.2 Å². The molecule has 104 valence electrons. The molecule has 1 unspecified atom stereocenters. The quantitative estimate of drug-likeness (QED) is 0.777. The number of carbonyl (C=O) groups excluding carboxylic acids is 1. The Bertz CT molecular complexity index is 485. The summed E-state index contributed by atoms with van der Waals surface area (Å²) in [5.41, 5.74) is 0.666. The molecule has 0 saturated heterocycles. The van der Waals surface area contributed by atoms with Crippen LogP contribution < -0.4 is 5.32 Å². The SMILES string of the molecule is CC1(C)CCCC(NC(=O)c2cc(I)ccc2O)C1. The van der Waals surface area contributed by atoms with Crippen LogP contribution in [0.3, 0.4) is 0 Å². The minimum absolute atomic E-state index is 0.0491. The summed E-state index contributed by atoms with van der Waals surface area (Å²) in [5, 5.41) is 12.8. The highest BCUT2D eigenvalue weighted by Gasteiger charge is 2.29. The summed E-state index contributed by atoms with van der Waals surface area (Å²) in [7, 11) is 0. The summed E-state index contributed by atoms with van der Waals surface area (Å²) < 4.78 is 0.949. The first-order valence-electron chi connectivity index (χ1n) is 6.67. The molecule has 1 aliphatic carbocycles. The second kappa shape index (κ2) is 5.69. The van der Waals surface area contributed by atoms with Gasteiger partial charge in [0, 0.05) is 9.61 Å². The molecule has 2 rings (SSSR count). The molecule has 1 aliphatic rings. The number of hydrogen-bond acceptors (Lipinski definition) is 2. The molecule has 0 aromatic heterocycles. The van der Waals surface area contributed by atoms with Gasteiger partial charge in [-0.2, -0.15) is 0 Å². The fraction of sp³-hybridized carbons (Fsp3) is 0.533. The predicted molar refractivity (Wildman–Crippen MR) is 84.3 cm³/mol. The second-order valence-corrected chi connectivity index (χ2v) is 7.34. The lowest BCUT2D eigenvalue weighted by Crippen LogP contribution is -2.40. The Morgan fingerprint density at radius 2 is 2.21 bits per heavy atom. The Morgan fingerprint density at radius 1 is 1.47 bits per heavy atom. The Labute approximate surface area is 127 Å². The van der Waals surface area contributed by atoms with Crippen molar-refractivity contribution in [2.75, 3.05) is 0 Å². The molecule has 1 amide bonds. The first-order valence-corrected chi connectivity index (χ1v) is 7.75. The summed E-state index contributed by atoms with van der Waals surface area (Å²) >= 11 is 2.14. The third kappa shape index (κ3) is 3.84. The molecule has 1 fully saturated rings. The normalized spacial score (nSPS) is 21.9. The number of halogens is 1. The number of phenolic OH excluding ortho intramolecular Hbond substituents is 1. The van der Waals surface area contributed by atoms with Crippen LogP contribution >= 0.6 is 22.6 Å². The van der Waals surface area contributed by atoms with Gasteiger partial charge in [-0.05, 0) is 65.5 Å². The van der Waals surface area contributed by atoms with Crippen LogP contribution in [0.1, 0.15) is 49.9 Å². The highest BCUT2D eigenvalue weighted by atomic mass is 127. The summed E-state index contributed by atoms with van der Waals surface area (Å²) in [6, 6.07) is 5.30. The van der Waals surface area contributed by atoms with Crippen molar-refractivity contribution in [3.63, 3.8) is 0 Å². The van der Waals surface area contributed by atoms with E-state index in [4.69, 9.17) is 0 Å². The van der Waals surface area contributed by atoms with Crippen LogP contribution in [-0.4, -0.2) is 17.1 Å². The molecular weight excluding hydrogens is 353 g/mol. The molecule has 0 bridgehead atoms. The fourth-order valence-corrected chi connectivity index (χ4v) is 3.27. The summed E-state index contributed by atoms with van der Waals surface area (Å²) in [5.74, 6) is -0.119. The number of rotatable bonds is 2. The third-order valence-corrected chi connectivity index (χ3v) is 4.41.